The molecule has 1 aliphatic rings. The van der Waals surface area contributed by atoms with Crippen molar-refractivity contribution in [3.8, 4) is 0 Å². The number of nitrogens with one attached hydrogen (secondary N) is 1. The van der Waals surface area contributed by atoms with Crippen LogP contribution in [0.4, 0.5) is 0 Å². The molecule has 2 rings (SSSR count). The van der Waals surface area contributed by atoms with Crippen LogP contribution < -0.4 is 5.32 Å². The minimum atomic E-state index is 0.101. The number of hydrogen-bond acceptors (Lipinski definition) is 4. The molecule has 1 aromatic rings. The Bertz CT molecular complexity index is 405. The van der Waals surface area contributed by atoms with Crippen LogP contribution in [-0.2, 0) is 11.3 Å². The van der Waals surface area contributed by atoms with E-state index in [9.17, 15) is 4.79 Å². The van der Waals surface area contributed by atoms with E-state index < -0.39 is 0 Å². The van der Waals surface area contributed by atoms with Crippen LogP contribution in [0.3, 0.4) is 0 Å². The number of rotatable bonds is 3. The molecule has 0 spiro atoms. The van der Waals surface area contributed by atoms with Crippen molar-refractivity contribution in [1.29, 1.82) is 0 Å². The van der Waals surface area contributed by atoms with E-state index in [0.29, 0.717) is 6.54 Å². The molecule has 1 fully saturated rings. The van der Waals surface area contributed by atoms with E-state index >= 15 is 0 Å². The van der Waals surface area contributed by atoms with Gasteiger partial charge in [0.2, 0.25) is 5.91 Å². The average molecular weight is 237 g/mol. The van der Waals surface area contributed by atoms with E-state index in [1.165, 1.54) is 5.57 Å². The van der Waals surface area contributed by atoms with Crippen molar-refractivity contribution in [2.45, 2.75) is 13.5 Å². The molecule has 86 valence electrons. The monoisotopic (exact) mass is 237 g/mol. The van der Waals surface area contributed by atoms with Gasteiger partial charge in [-0.3, -0.25) is 4.79 Å². The van der Waals surface area contributed by atoms with Crippen LogP contribution in [0.1, 0.15) is 12.6 Å². The molecule has 5 heteroatoms. The number of carbonyl (C=O) groups is 1. The minimum absolute atomic E-state index is 0.101. The van der Waals surface area contributed by atoms with E-state index in [1.807, 2.05) is 19.4 Å². The van der Waals surface area contributed by atoms with Crippen molar-refractivity contribution < 1.29 is 4.79 Å². The van der Waals surface area contributed by atoms with Gasteiger partial charge in [-0.2, -0.15) is 0 Å². The summed E-state index contributed by atoms with van der Waals surface area (Å²) in [4.78, 5) is 17.9. The zero-order chi connectivity index (χ0) is 11.5. The second-order valence-electron chi connectivity index (χ2n) is 3.97. The highest BCUT2D eigenvalue weighted by molar-refractivity contribution is 7.07. The van der Waals surface area contributed by atoms with E-state index in [2.05, 4.69) is 10.3 Å². The van der Waals surface area contributed by atoms with Crippen molar-refractivity contribution in [2.24, 2.45) is 0 Å². The van der Waals surface area contributed by atoms with Crippen molar-refractivity contribution in [2.75, 3.05) is 20.1 Å². The fourth-order valence-corrected chi connectivity index (χ4v) is 2.13. The van der Waals surface area contributed by atoms with Gasteiger partial charge in [0, 0.05) is 31.1 Å². The van der Waals surface area contributed by atoms with Crippen molar-refractivity contribution in [3.63, 3.8) is 0 Å². The van der Waals surface area contributed by atoms with Crippen LogP contribution in [0, 0.1) is 0 Å². The van der Waals surface area contributed by atoms with Crippen LogP contribution in [0.5, 0.6) is 0 Å². The van der Waals surface area contributed by atoms with E-state index in [-0.39, 0.29) is 5.91 Å². The third-order valence-corrected chi connectivity index (χ3v) is 3.39. The molecule has 1 saturated heterocycles. The summed E-state index contributed by atoms with van der Waals surface area (Å²) in [5.74, 6) is 0.101. The van der Waals surface area contributed by atoms with Gasteiger partial charge in [0.25, 0.3) is 0 Å². The predicted molar refractivity (Wildman–Crippen MR) is 64.2 cm³/mol. The average Bonchev–Trinajstić information content (AvgIpc) is 2.66. The quantitative estimate of drug-likeness (QED) is 0.798. The first-order valence-electron chi connectivity index (χ1n) is 5.20. The normalized spacial score (nSPS) is 14.5. The molecule has 0 bridgehead atoms. The number of thiazole rings is 1. The second kappa shape index (κ2) is 4.76. The van der Waals surface area contributed by atoms with Crippen LogP contribution in [0.15, 0.2) is 22.0 Å². The molecule has 1 amide bonds. The van der Waals surface area contributed by atoms with Crippen molar-refractivity contribution in [1.82, 2.24) is 15.2 Å². The summed E-state index contributed by atoms with van der Waals surface area (Å²) < 4.78 is 0. The largest absolute Gasteiger partial charge is 0.336 e. The predicted octanol–water partition coefficient (Wildman–Crippen LogP) is 1.02. The Morgan fingerprint density at radius 2 is 2.38 bits per heavy atom. The highest BCUT2D eigenvalue weighted by atomic mass is 32.1. The Morgan fingerprint density at radius 3 is 2.88 bits per heavy atom. The fourth-order valence-electron chi connectivity index (χ4n) is 1.58. The topological polar surface area (TPSA) is 45.2 Å². The summed E-state index contributed by atoms with van der Waals surface area (Å²) in [5, 5.41) is 5.11. The SMILES string of the molecule is CC(C(=O)N(C)Cc1cscn1)=C1CNC1. The smallest absolute Gasteiger partial charge is 0.249 e. The first kappa shape index (κ1) is 11.3. The summed E-state index contributed by atoms with van der Waals surface area (Å²) in [6, 6.07) is 0. The molecular weight excluding hydrogens is 222 g/mol. The van der Waals surface area contributed by atoms with Crippen LogP contribution >= 0.6 is 11.3 Å². The van der Waals surface area contributed by atoms with E-state index in [1.54, 1.807) is 21.7 Å². The molecule has 0 aliphatic carbocycles. The lowest BCUT2D eigenvalue weighted by atomic mass is 10.0. The first-order chi connectivity index (χ1) is 7.68. The molecule has 16 heavy (non-hydrogen) atoms. The Hall–Kier alpha value is -1.20. The van der Waals surface area contributed by atoms with Crippen molar-refractivity contribution >= 4 is 17.2 Å². The van der Waals surface area contributed by atoms with Gasteiger partial charge in [-0.25, -0.2) is 4.98 Å². The lowest BCUT2D eigenvalue weighted by molar-refractivity contribution is -0.126. The summed E-state index contributed by atoms with van der Waals surface area (Å²) in [6.07, 6.45) is 0. The second-order valence-corrected chi connectivity index (χ2v) is 4.69. The Balaban J connectivity index is 1.99. The number of hydrogen-bond donors (Lipinski definition) is 1. The first-order valence-corrected chi connectivity index (χ1v) is 6.14. The van der Waals surface area contributed by atoms with Crippen LogP contribution in [-0.4, -0.2) is 35.9 Å². The number of carbonyl (C=O) groups excluding carboxylic acids is 1. The highest BCUT2D eigenvalue weighted by Crippen LogP contribution is 2.13. The van der Waals surface area contributed by atoms with Gasteiger partial charge < -0.3 is 10.2 Å². The molecule has 0 aromatic carbocycles. The van der Waals surface area contributed by atoms with Crippen molar-refractivity contribution in [3.05, 3.63) is 27.7 Å². The minimum Gasteiger partial charge on any atom is -0.336 e. The Labute approximate surface area is 99.0 Å². The summed E-state index contributed by atoms with van der Waals surface area (Å²) in [6.45, 7) is 4.18. The summed E-state index contributed by atoms with van der Waals surface area (Å²) >= 11 is 1.55. The number of amides is 1. The van der Waals surface area contributed by atoms with Crippen LogP contribution in [0.2, 0.25) is 0 Å². The molecule has 2 heterocycles. The third kappa shape index (κ3) is 2.31. The molecule has 4 nitrogen and oxygen atoms in total. The molecule has 0 unspecified atom stereocenters. The number of aromatic nitrogens is 1. The zero-order valence-corrected chi connectivity index (χ0v) is 10.3. The van der Waals surface area contributed by atoms with Gasteiger partial charge >= 0.3 is 0 Å². The van der Waals surface area contributed by atoms with Gasteiger partial charge in [-0.05, 0) is 12.5 Å². The summed E-state index contributed by atoms with van der Waals surface area (Å²) in [5.41, 5.74) is 4.83. The van der Waals surface area contributed by atoms with Gasteiger partial charge in [-0.1, -0.05) is 0 Å². The molecule has 1 aromatic heterocycles. The van der Waals surface area contributed by atoms with Gasteiger partial charge in [0.15, 0.2) is 0 Å². The third-order valence-electron chi connectivity index (χ3n) is 2.76. The van der Waals surface area contributed by atoms with Gasteiger partial charge in [-0.15, -0.1) is 11.3 Å². The maximum Gasteiger partial charge on any atom is 0.249 e. The highest BCUT2D eigenvalue weighted by Gasteiger charge is 2.19. The molecule has 0 atom stereocenters. The fraction of sp³-hybridized carbons (Fsp3) is 0.455. The molecule has 0 saturated carbocycles. The van der Waals surface area contributed by atoms with E-state index in [0.717, 1.165) is 24.4 Å². The molecule has 1 aliphatic heterocycles. The van der Waals surface area contributed by atoms with E-state index in [4.69, 9.17) is 0 Å². The molecular formula is C11H15N3OS. The Kier molecular flexibility index (Phi) is 3.36. The number of nitrogens with zero attached hydrogens (tertiary/aromatic N) is 2. The Morgan fingerprint density at radius 1 is 1.62 bits per heavy atom. The molecule has 0 radical (unpaired) electrons. The summed E-state index contributed by atoms with van der Waals surface area (Å²) in [7, 11) is 1.82. The zero-order valence-electron chi connectivity index (χ0n) is 9.49. The standard InChI is InChI=1S/C11H15N3OS/c1-8(9-3-12-4-9)11(15)14(2)5-10-6-16-7-13-10/h6-7,12H,3-5H2,1-2H3. The lowest BCUT2D eigenvalue weighted by Gasteiger charge is -2.24. The van der Waals surface area contributed by atoms with Gasteiger partial charge in [0.1, 0.15) is 0 Å². The molecule has 1 N–H and O–H groups in total. The van der Waals surface area contributed by atoms with Gasteiger partial charge in [0.05, 0.1) is 17.7 Å². The lowest BCUT2D eigenvalue weighted by Crippen LogP contribution is -2.38. The maximum atomic E-state index is 12.0. The van der Waals surface area contributed by atoms with Crippen LogP contribution in [0.25, 0.3) is 0 Å². The maximum absolute atomic E-state index is 12.0. The number of likely N-dealkylation sites (N-methyl/N-ethyl adjacent to an activating group) is 1.